The minimum absolute atomic E-state index is 0.0691. The van der Waals surface area contributed by atoms with E-state index in [4.69, 9.17) is 23.2 Å². The molecule has 0 saturated carbocycles. The first-order valence-electron chi connectivity index (χ1n) is 7.47. The van der Waals surface area contributed by atoms with E-state index in [1.165, 1.54) is 16.7 Å². The fraction of sp³-hybridized carbons (Fsp3) is 0.111. The molecule has 1 heterocycles. The van der Waals surface area contributed by atoms with Crippen LogP contribution in [0.3, 0.4) is 0 Å². The predicted molar refractivity (Wildman–Crippen MR) is 104 cm³/mol. The molecule has 25 heavy (non-hydrogen) atoms. The molecule has 0 radical (unpaired) electrons. The Balaban J connectivity index is 1.75. The monoisotopic (exact) mass is 392 g/mol. The maximum Gasteiger partial charge on any atom is 0.244 e. The van der Waals surface area contributed by atoms with Crippen LogP contribution in [-0.2, 0) is 9.59 Å². The second-order valence-electron chi connectivity index (χ2n) is 5.34. The minimum Gasteiger partial charge on any atom is -0.324 e. The van der Waals surface area contributed by atoms with Crippen LogP contribution in [0.1, 0.15) is 5.56 Å². The molecular formula is C18H14Cl2N2O2S. The fourth-order valence-corrected chi connectivity index (χ4v) is 3.49. The number of hydrogen-bond acceptors (Lipinski definition) is 3. The largest absolute Gasteiger partial charge is 0.324 e. The SMILES string of the molecule is O=C(CN1C(=O)CSC=C1c1ccccc1)Nc1ccc(Cl)c(Cl)c1. The Bertz CT molecular complexity index is 840. The summed E-state index contributed by atoms with van der Waals surface area (Å²) in [5.41, 5.74) is 2.15. The number of rotatable bonds is 4. The zero-order valence-corrected chi connectivity index (χ0v) is 15.4. The second kappa shape index (κ2) is 7.95. The summed E-state index contributed by atoms with van der Waals surface area (Å²) in [7, 11) is 0. The quantitative estimate of drug-likeness (QED) is 0.832. The first-order valence-corrected chi connectivity index (χ1v) is 9.27. The summed E-state index contributed by atoms with van der Waals surface area (Å²) in [5.74, 6) is -0.0905. The standard InChI is InChI=1S/C18H14Cl2N2O2S/c19-14-7-6-13(8-15(14)20)21-17(23)9-22-16(10-25-11-18(22)24)12-4-2-1-3-5-12/h1-8,10H,9,11H2,(H,21,23). The van der Waals surface area contributed by atoms with E-state index in [0.29, 0.717) is 21.5 Å². The summed E-state index contributed by atoms with van der Waals surface area (Å²) in [6, 6.07) is 14.4. The van der Waals surface area contributed by atoms with Gasteiger partial charge >= 0.3 is 0 Å². The van der Waals surface area contributed by atoms with E-state index in [1.54, 1.807) is 18.2 Å². The van der Waals surface area contributed by atoms with E-state index >= 15 is 0 Å². The van der Waals surface area contributed by atoms with Crippen LogP contribution in [0.15, 0.2) is 53.9 Å². The third kappa shape index (κ3) is 4.37. The van der Waals surface area contributed by atoms with Gasteiger partial charge in [0.05, 0.1) is 21.5 Å². The highest BCUT2D eigenvalue weighted by atomic mass is 35.5. The molecule has 0 aromatic heterocycles. The average Bonchev–Trinajstić information content (AvgIpc) is 2.61. The van der Waals surface area contributed by atoms with Gasteiger partial charge in [0, 0.05) is 5.69 Å². The summed E-state index contributed by atoms with van der Waals surface area (Å²) in [5, 5.41) is 5.42. The molecule has 0 fully saturated rings. The number of benzene rings is 2. The maximum absolute atomic E-state index is 12.4. The highest BCUT2D eigenvalue weighted by molar-refractivity contribution is 8.03. The van der Waals surface area contributed by atoms with Crippen LogP contribution in [0.5, 0.6) is 0 Å². The molecule has 0 bridgehead atoms. The molecule has 0 unspecified atom stereocenters. The number of halogens is 2. The Hall–Kier alpha value is -1.95. The number of carbonyl (C=O) groups is 2. The van der Waals surface area contributed by atoms with E-state index in [-0.39, 0.29) is 18.4 Å². The van der Waals surface area contributed by atoms with Crippen molar-refractivity contribution in [1.29, 1.82) is 0 Å². The van der Waals surface area contributed by atoms with Crippen molar-refractivity contribution < 1.29 is 9.59 Å². The van der Waals surface area contributed by atoms with Crippen molar-refractivity contribution in [2.75, 3.05) is 17.6 Å². The van der Waals surface area contributed by atoms with Gasteiger partial charge in [-0.25, -0.2) is 0 Å². The van der Waals surface area contributed by atoms with E-state index in [9.17, 15) is 9.59 Å². The molecule has 2 aromatic rings. The molecular weight excluding hydrogens is 379 g/mol. The van der Waals surface area contributed by atoms with Crippen LogP contribution in [0.4, 0.5) is 5.69 Å². The Labute approximate surface area is 159 Å². The summed E-state index contributed by atoms with van der Waals surface area (Å²) in [4.78, 5) is 26.2. The summed E-state index contributed by atoms with van der Waals surface area (Å²) >= 11 is 13.3. The van der Waals surface area contributed by atoms with Crippen molar-refractivity contribution in [1.82, 2.24) is 4.90 Å². The van der Waals surface area contributed by atoms with Gasteiger partial charge in [-0.05, 0) is 29.2 Å². The number of hydrogen-bond donors (Lipinski definition) is 1. The number of anilines is 1. The highest BCUT2D eigenvalue weighted by Gasteiger charge is 2.25. The Kier molecular flexibility index (Phi) is 5.68. The van der Waals surface area contributed by atoms with Gasteiger partial charge in [0.1, 0.15) is 6.54 Å². The number of carbonyl (C=O) groups excluding carboxylic acids is 2. The lowest BCUT2D eigenvalue weighted by atomic mass is 10.1. The van der Waals surface area contributed by atoms with E-state index < -0.39 is 0 Å². The van der Waals surface area contributed by atoms with Crippen LogP contribution in [0.25, 0.3) is 5.70 Å². The molecule has 0 saturated heterocycles. The molecule has 1 N–H and O–H groups in total. The van der Waals surface area contributed by atoms with Crippen LogP contribution in [0, 0.1) is 0 Å². The predicted octanol–water partition coefficient (Wildman–Crippen LogP) is 4.51. The van der Waals surface area contributed by atoms with Gasteiger partial charge in [-0.3, -0.25) is 9.59 Å². The van der Waals surface area contributed by atoms with Crippen molar-refractivity contribution in [3.63, 3.8) is 0 Å². The molecule has 0 aliphatic carbocycles. The zero-order valence-electron chi connectivity index (χ0n) is 13.0. The number of amides is 2. The first kappa shape index (κ1) is 17.9. The Morgan fingerprint density at radius 2 is 1.88 bits per heavy atom. The highest BCUT2D eigenvalue weighted by Crippen LogP contribution is 2.28. The van der Waals surface area contributed by atoms with Gasteiger partial charge in [0.15, 0.2) is 0 Å². The van der Waals surface area contributed by atoms with Gasteiger partial charge in [-0.15, -0.1) is 11.8 Å². The molecule has 2 aromatic carbocycles. The van der Waals surface area contributed by atoms with Crippen LogP contribution in [0.2, 0.25) is 10.0 Å². The molecule has 0 atom stereocenters. The van der Waals surface area contributed by atoms with Gasteiger partial charge in [-0.2, -0.15) is 0 Å². The molecule has 128 valence electrons. The van der Waals surface area contributed by atoms with Crippen LogP contribution in [-0.4, -0.2) is 29.0 Å². The normalized spacial score (nSPS) is 14.2. The number of nitrogens with one attached hydrogen (secondary N) is 1. The van der Waals surface area contributed by atoms with Crippen molar-refractivity contribution in [3.8, 4) is 0 Å². The number of thioether (sulfide) groups is 1. The van der Waals surface area contributed by atoms with Crippen LogP contribution >= 0.6 is 35.0 Å². The lowest BCUT2D eigenvalue weighted by Crippen LogP contribution is -2.39. The lowest BCUT2D eigenvalue weighted by Gasteiger charge is -2.28. The first-order chi connectivity index (χ1) is 12.0. The molecule has 0 spiro atoms. The topological polar surface area (TPSA) is 49.4 Å². The molecule has 3 rings (SSSR count). The molecule has 1 aliphatic heterocycles. The van der Waals surface area contributed by atoms with Gasteiger partial charge in [-0.1, -0.05) is 53.5 Å². The van der Waals surface area contributed by atoms with Crippen molar-refractivity contribution in [2.45, 2.75) is 0 Å². The summed E-state index contributed by atoms with van der Waals surface area (Å²) in [6.45, 7) is -0.0691. The van der Waals surface area contributed by atoms with Crippen LogP contribution < -0.4 is 5.32 Å². The second-order valence-corrected chi connectivity index (χ2v) is 7.01. The molecule has 7 heteroatoms. The van der Waals surface area contributed by atoms with Gasteiger partial charge in [0.25, 0.3) is 0 Å². The molecule has 2 amide bonds. The maximum atomic E-state index is 12.4. The minimum atomic E-state index is -0.305. The summed E-state index contributed by atoms with van der Waals surface area (Å²) < 4.78 is 0. The zero-order chi connectivity index (χ0) is 17.8. The lowest BCUT2D eigenvalue weighted by molar-refractivity contribution is -0.129. The van der Waals surface area contributed by atoms with Crippen molar-refractivity contribution in [2.24, 2.45) is 0 Å². The summed E-state index contributed by atoms with van der Waals surface area (Å²) in [6.07, 6.45) is 0. The Morgan fingerprint density at radius 3 is 2.60 bits per heavy atom. The third-order valence-corrected chi connectivity index (χ3v) is 5.11. The third-order valence-electron chi connectivity index (χ3n) is 3.57. The Morgan fingerprint density at radius 1 is 1.12 bits per heavy atom. The van der Waals surface area contributed by atoms with Crippen molar-refractivity contribution >= 4 is 58.2 Å². The van der Waals surface area contributed by atoms with E-state index in [2.05, 4.69) is 5.32 Å². The van der Waals surface area contributed by atoms with E-state index in [0.717, 1.165) is 11.3 Å². The van der Waals surface area contributed by atoms with Gasteiger partial charge < -0.3 is 10.2 Å². The van der Waals surface area contributed by atoms with Gasteiger partial charge in [0.2, 0.25) is 11.8 Å². The number of nitrogens with zero attached hydrogens (tertiary/aromatic N) is 1. The molecule has 1 aliphatic rings. The smallest absolute Gasteiger partial charge is 0.244 e. The molecule has 4 nitrogen and oxygen atoms in total. The average molecular weight is 393 g/mol. The van der Waals surface area contributed by atoms with Crippen molar-refractivity contribution in [3.05, 3.63) is 69.5 Å². The van der Waals surface area contributed by atoms with E-state index in [1.807, 2.05) is 35.7 Å². The fourth-order valence-electron chi connectivity index (χ4n) is 2.39.